The monoisotopic (exact) mass is 301 g/mol. The maximum atomic E-state index is 14.0. The molecule has 0 saturated carbocycles. The normalized spacial score (nSPS) is 19.0. The zero-order chi connectivity index (χ0) is 15.5. The van der Waals surface area contributed by atoms with Gasteiger partial charge in [0.05, 0.1) is 17.8 Å². The molecule has 1 aromatic carbocycles. The fraction of sp³-hybridized carbons (Fsp3) is 0.412. The molecule has 0 N–H and O–H groups in total. The molecule has 2 aromatic rings. The Labute approximate surface area is 129 Å². The van der Waals surface area contributed by atoms with Gasteiger partial charge >= 0.3 is 0 Å². The molecule has 1 saturated heterocycles. The molecule has 1 aromatic heterocycles. The Hall–Kier alpha value is -2.17. The number of nitrogens with zero attached hydrogens (tertiary/aromatic N) is 3. The third-order valence-corrected chi connectivity index (χ3v) is 4.23. The first-order valence-electron chi connectivity index (χ1n) is 7.71. The molecule has 0 radical (unpaired) electrons. The van der Waals surface area contributed by atoms with Crippen LogP contribution in [0.3, 0.4) is 0 Å². The van der Waals surface area contributed by atoms with Crippen molar-refractivity contribution in [1.82, 2.24) is 14.7 Å². The van der Waals surface area contributed by atoms with Crippen molar-refractivity contribution in [2.75, 3.05) is 6.54 Å². The lowest BCUT2D eigenvalue weighted by molar-refractivity contribution is 0.0676. The number of benzene rings is 1. The Bertz CT molecular complexity index is 667. The van der Waals surface area contributed by atoms with Gasteiger partial charge in [-0.1, -0.05) is 25.0 Å². The van der Waals surface area contributed by atoms with E-state index in [9.17, 15) is 9.18 Å². The van der Waals surface area contributed by atoms with Crippen molar-refractivity contribution in [3.63, 3.8) is 0 Å². The largest absolute Gasteiger partial charge is 0.331 e. The molecule has 1 amide bonds. The van der Waals surface area contributed by atoms with E-state index in [0.29, 0.717) is 6.54 Å². The minimum Gasteiger partial charge on any atom is -0.331 e. The number of hydrogen-bond acceptors (Lipinski definition) is 2. The molecule has 0 aliphatic carbocycles. The Kier molecular flexibility index (Phi) is 4.22. The van der Waals surface area contributed by atoms with Crippen molar-refractivity contribution in [3.05, 3.63) is 53.6 Å². The molecule has 116 valence electrons. The second kappa shape index (κ2) is 6.30. The summed E-state index contributed by atoms with van der Waals surface area (Å²) in [6.45, 7) is 0.659. The van der Waals surface area contributed by atoms with E-state index in [-0.39, 0.29) is 17.5 Å². The molecule has 3 rings (SSSR count). The van der Waals surface area contributed by atoms with E-state index in [1.165, 1.54) is 6.07 Å². The molecule has 2 heterocycles. The van der Waals surface area contributed by atoms with E-state index in [0.717, 1.165) is 31.2 Å². The third kappa shape index (κ3) is 2.89. The number of carbonyl (C=O) groups is 1. The van der Waals surface area contributed by atoms with E-state index in [1.807, 2.05) is 18.1 Å². The maximum absolute atomic E-state index is 14.0. The first kappa shape index (κ1) is 14.8. The lowest BCUT2D eigenvalue weighted by atomic mass is 10.0. The number of aromatic nitrogens is 2. The lowest BCUT2D eigenvalue weighted by Gasteiger charge is -2.29. The number of hydrogen-bond donors (Lipinski definition) is 0. The fourth-order valence-electron chi connectivity index (χ4n) is 3.10. The molecule has 1 atom stereocenters. The second-order valence-electron chi connectivity index (χ2n) is 5.79. The highest BCUT2D eigenvalue weighted by molar-refractivity contribution is 5.94. The van der Waals surface area contributed by atoms with Crippen molar-refractivity contribution in [1.29, 1.82) is 0 Å². The van der Waals surface area contributed by atoms with Crippen LogP contribution in [0.5, 0.6) is 0 Å². The lowest BCUT2D eigenvalue weighted by Crippen LogP contribution is -2.35. The molecule has 5 heteroatoms. The SMILES string of the molecule is Cn1cc(C2CCCCCN2C(=O)c2ccccc2F)cn1. The third-order valence-electron chi connectivity index (χ3n) is 4.23. The van der Waals surface area contributed by atoms with Gasteiger partial charge in [0.15, 0.2) is 0 Å². The predicted molar refractivity (Wildman–Crippen MR) is 81.9 cm³/mol. The van der Waals surface area contributed by atoms with Gasteiger partial charge in [0.1, 0.15) is 5.82 Å². The van der Waals surface area contributed by atoms with Gasteiger partial charge in [-0.3, -0.25) is 9.48 Å². The predicted octanol–water partition coefficient (Wildman–Crippen LogP) is 3.32. The van der Waals surface area contributed by atoms with E-state index in [4.69, 9.17) is 0 Å². The molecule has 22 heavy (non-hydrogen) atoms. The van der Waals surface area contributed by atoms with Crippen LogP contribution in [-0.2, 0) is 7.05 Å². The number of carbonyl (C=O) groups excluding carboxylic acids is 1. The number of likely N-dealkylation sites (tertiary alicyclic amines) is 1. The van der Waals surface area contributed by atoms with Crippen molar-refractivity contribution in [3.8, 4) is 0 Å². The van der Waals surface area contributed by atoms with E-state index in [2.05, 4.69) is 5.10 Å². The second-order valence-corrected chi connectivity index (χ2v) is 5.79. The molecule has 0 spiro atoms. The summed E-state index contributed by atoms with van der Waals surface area (Å²) in [6, 6.07) is 6.18. The standard InChI is InChI=1S/C17H20FN3O/c1-20-12-13(11-19-20)16-9-3-2-6-10-21(16)17(22)14-7-4-5-8-15(14)18/h4-5,7-8,11-12,16H,2-3,6,9-10H2,1H3. The van der Waals surface area contributed by atoms with Crippen LogP contribution in [0.15, 0.2) is 36.7 Å². The van der Waals surface area contributed by atoms with Crippen LogP contribution >= 0.6 is 0 Å². The average Bonchev–Trinajstić information content (AvgIpc) is 2.80. The Balaban J connectivity index is 1.94. The first-order chi connectivity index (χ1) is 10.7. The van der Waals surface area contributed by atoms with E-state index < -0.39 is 5.82 Å². The highest BCUT2D eigenvalue weighted by Crippen LogP contribution is 2.31. The highest BCUT2D eigenvalue weighted by Gasteiger charge is 2.29. The average molecular weight is 301 g/mol. The Morgan fingerprint density at radius 1 is 1.27 bits per heavy atom. The van der Waals surface area contributed by atoms with Crippen LogP contribution in [0.25, 0.3) is 0 Å². The van der Waals surface area contributed by atoms with Crippen LogP contribution in [0.4, 0.5) is 4.39 Å². The van der Waals surface area contributed by atoms with Crippen molar-refractivity contribution < 1.29 is 9.18 Å². The molecule has 1 aliphatic heterocycles. The van der Waals surface area contributed by atoms with Gasteiger partial charge in [-0.15, -0.1) is 0 Å². The zero-order valence-electron chi connectivity index (χ0n) is 12.7. The summed E-state index contributed by atoms with van der Waals surface area (Å²) < 4.78 is 15.7. The zero-order valence-corrected chi connectivity index (χ0v) is 12.7. The molecule has 1 aliphatic rings. The van der Waals surface area contributed by atoms with Crippen LogP contribution in [0, 0.1) is 5.82 Å². The summed E-state index contributed by atoms with van der Waals surface area (Å²) >= 11 is 0. The van der Waals surface area contributed by atoms with Crippen LogP contribution in [0.2, 0.25) is 0 Å². The fourth-order valence-corrected chi connectivity index (χ4v) is 3.10. The van der Waals surface area contributed by atoms with Gasteiger partial charge in [0, 0.05) is 25.4 Å². The number of aryl methyl sites for hydroxylation is 1. The summed E-state index contributed by atoms with van der Waals surface area (Å²) in [6.07, 6.45) is 7.76. The minimum atomic E-state index is -0.457. The summed E-state index contributed by atoms with van der Waals surface area (Å²) in [5.41, 5.74) is 1.17. The quantitative estimate of drug-likeness (QED) is 0.853. The topological polar surface area (TPSA) is 38.1 Å². The summed E-state index contributed by atoms with van der Waals surface area (Å²) in [4.78, 5) is 14.6. The van der Waals surface area contributed by atoms with Crippen molar-refractivity contribution in [2.24, 2.45) is 7.05 Å². The summed E-state index contributed by atoms with van der Waals surface area (Å²) in [5.74, 6) is -0.685. The highest BCUT2D eigenvalue weighted by atomic mass is 19.1. The van der Waals surface area contributed by atoms with E-state index >= 15 is 0 Å². The molecular formula is C17H20FN3O. The van der Waals surface area contributed by atoms with Gasteiger partial charge in [0.2, 0.25) is 0 Å². The Morgan fingerprint density at radius 2 is 2.09 bits per heavy atom. The van der Waals surface area contributed by atoms with E-state index in [1.54, 1.807) is 29.1 Å². The molecular weight excluding hydrogens is 281 g/mol. The van der Waals surface area contributed by atoms with Crippen molar-refractivity contribution in [2.45, 2.75) is 31.7 Å². The summed E-state index contributed by atoms with van der Waals surface area (Å²) in [5, 5.41) is 4.21. The smallest absolute Gasteiger partial charge is 0.257 e. The first-order valence-corrected chi connectivity index (χ1v) is 7.71. The van der Waals surface area contributed by atoms with Gasteiger partial charge in [-0.2, -0.15) is 5.10 Å². The number of amides is 1. The van der Waals surface area contributed by atoms with Crippen molar-refractivity contribution >= 4 is 5.91 Å². The molecule has 0 bridgehead atoms. The number of halogens is 1. The minimum absolute atomic E-state index is 0.0247. The molecule has 4 nitrogen and oxygen atoms in total. The van der Waals surface area contributed by atoms with Gasteiger partial charge < -0.3 is 4.90 Å². The maximum Gasteiger partial charge on any atom is 0.257 e. The van der Waals surface area contributed by atoms with Gasteiger partial charge in [-0.05, 0) is 25.0 Å². The van der Waals surface area contributed by atoms with Crippen LogP contribution < -0.4 is 0 Å². The molecule has 1 fully saturated rings. The van der Waals surface area contributed by atoms with Crippen LogP contribution in [-0.4, -0.2) is 27.1 Å². The van der Waals surface area contributed by atoms with Gasteiger partial charge in [-0.25, -0.2) is 4.39 Å². The Morgan fingerprint density at radius 3 is 2.82 bits per heavy atom. The van der Waals surface area contributed by atoms with Gasteiger partial charge in [0.25, 0.3) is 5.91 Å². The van der Waals surface area contributed by atoms with Crippen LogP contribution in [0.1, 0.15) is 47.6 Å². The molecule has 1 unspecified atom stereocenters. The summed E-state index contributed by atoms with van der Waals surface area (Å²) in [7, 11) is 1.86. The number of rotatable bonds is 2.